The molecule has 0 atom stereocenters. The fourth-order valence-electron chi connectivity index (χ4n) is 1.77. The third kappa shape index (κ3) is 4.70. The minimum absolute atomic E-state index is 0.0940. The molecule has 10 heteroatoms. The van der Waals surface area contributed by atoms with Crippen molar-refractivity contribution in [3.05, 3.63) is 68.7 Å². The Labute approximate surface area is 144 Å². The Morgan fingerprint density at radius 2 is 1.84 bits per heavy atom. The lowest BCUT2D eigenvalue weighted by atomic mass is 10.2. The average Bonchev–Trinajstić information content (AvgIpc) is 2.56. The molecule has 0 heterocycles. The van der Waals surface area contributed by atoms with Crippen LogP contribution in [0.4, 0.5) is 20.2 Å². The Bertz CT molecular complexity index is 860. The van der Waals surface area contributed by atoms with Gasteiger partial charge in [0.1, 0.15) is 11.6 Å². The number of nitrogens with one attached hydrogen (secondary N) is 1. The molecule has 0 unspecified atom stereocenters. The molecule has 1 N–H and O–H groups in total. The highest BCUT2D eigenvalue weighted by atomic mass is 35.5. The van der Waals surface area contributed by atoms with Crippen LogP contribution in [0.2, 0.25) is 5.02 Å². The van der Waals surface area contributed by atoms with E-state index in [1.807, 2.05) is 5.32 Å². The number of nitro groups is 1. The second-order valence-corrected chi connectivity index (χ2v) is 5.11. The average molecular weight is 371 g/mol. The van der Waals surface area contributed by atoms with Crippen LogP contribution in [0.25, 0.3) is 0 Å². The van der Waals surface area contributed by atoms with Crippen LogP contribution in [0.5, 0.6) is 0 Å². The van der Waals surface area contributed by atoms with Crippen molar-refractivity contribution in [2.75, 3.05) is 11.9 Å². The molecule has 2 aromatic carbocycles. The minimum atomic E-state index is -1.14. The van der Waals surface area contributed by atoms with E-state index < -0.39 is 52.0 Å². The first-order valence-electron chi connectivity index (χ1n) is 6.64. The number of esters is 1. The number of hydrogen-bond donors (Lipinski definition) is 1. The zero-order valence-corrected chi connectivity index (χ0v) is 13.0. The summed E-state index contributed by atoms with van der Waals surface area (Å²) in [5.41, 5.74) is -1.36. The fraction of sp³-hybridized carbons (Fsp3) is 0.0667. The van der Waals surface area contributed by atoms with Gasteiger partial charge in [-0.15, -0.1) is 0 Å². The monoisotopic (exact) mass is 370 g/mol. The van der Waals surface area contributed by atoms with Gasteiger partial charge in [0, 0.05) is 17.2 Å². The molecule has 130 valence electrons. The van der Waals surface area contributed by atoms with E-state index in [2.05, 4.69) is 4.74 Å². The summed E-state index contributed by atoms with van der Waals surface area (Å²) in [5.74, 6) is -3.91. The van der Waals surface area contributed by atoms with Gasteiger partial charge in [0.25, 0.3) is 11.6 Å². The number of rotatable bonds is 5. The summed E-state index contributed by atoms with van der Waals surface area (Å²) >= 11 is 5.64. The molecule has 7 nitrogen and oxygen atoms in total. The van der Waals surface area contributed by atoms with Crippen LogP contribution in [0.15, 0.2) is 36.4 Å². The van der Waals surface area contributed by atoms with E-state index in [0.717, 1.165) is 30.3 Å². The summed E-state index contributed by atoms with van der Waals surface area (Å²) in [6, 6.07) is 5.75. The molecule has 1 amide bonds. The molecule has 0 saturated carbocycles. The number of benzene rings is 2. The molecule has 0 aliphatic heterocycles. The molecule has 0 saturated heterocycles. The van der Waals surface area contributed by atoms with Crippen LogP contribution in [0.1, 0.15) is 10.4 Å². The number of non-ortho nitro benzene ring substituents is 1. The Hall–Kier alpha value is -3.07. The predicted molar refractivity (Wildman–Crippen MR) is 83.4 cm³/mol. The molecule has 0 radical (unpaired) electrons. The quantitative estimate of drug-likeness (QED) is 0.494. The standard InChI is InChI=1S/C15H9ClF2N2O5/c16-8-1-3-11(17)10(5-8)15(22)25-7-14(21)19-13-6-9(20(23)24)2-4-12(13)18/h1-6H,7H2,(H,19,21). The van der Waals surface area contributed by atoms with Gasteiger partial charge in [-0.25, -0.2) is 13.6 Å². The summed E-state index contributed by atoms with van der Waals surface area (Å²) in [5, 5.41) is 12.8. The molecule has 0 aliphatic rings. The maximum absolute atomic E-state index is 13.5. The summed E-state index contributed by atoms with van der Waals surface area (Å²) in [4.78, 5) is 33.3. The maximum Gasteiger partial charge on any atom is 0.341 e. The second-order valence-electron chi connectivity index (χ2n) is 4.67. The predicted octanol–water partition coefficient (Wildman–Crippen LogP) is 3.32. The first kappa shape index (κ1) is 18.3. The van der Waals surface area contributed by atoms with E-state index in [0.29, 0.717) is 0 Å². The topological polar surface area (TPSA) is 98.5 Å². The molecular formula is C15H9ClF2N2O5. The van der Waals surface area contributed by atoms with Crippen molar-refractivity contribution in [2.45, 2.75) is 0 Å². The van der Waals surface area contributed by atoms with Crippen LogP contribution >= 0.6 is 11.6 Å². The molecule has 2 rings (SSSR count). The first-order valence-corrected chi connectivity index (χ1v) is 7.01. The number of hydrogen-bond acceptors (Lipinski definition) is 5. The second kappa shape index (κ2) is 7.67. The van der Waals surface area contributed by atoms with Gasteiger partial charge in [-0.05, 0) is 24.3 Å². The molecule has 0 aliphatic carbocycles. The van der Waals surface area contributed by atoms with Gasteiger partial charge in [0.2, 0.25) is 0 Å². The van der Waals surface area contributed by atoms with Crippen molar-refractivity contribution in [3.8, 4) is 0 Å². The van der Waals surface area contributed by atoms with Gasteiger partial charge >= 0.3 is 5.97 Å². The van der Waals surface area contributed by atoms with E-state index in [4.69, 9.17) is 11.6 Å². The zero-order valence-electron chi connectivity index (χ0n) is 12.3. The molecular weight excluding hydrogens is 362 g/mol. The third-order valence-electron chi connectivity index (χ3n) is 2.92. The van der Waals surface area contributed by atoms with E-state index >= 15 is 0 Å². The highest BCUT2D eigenvalue weighted by Gasteiger charge is 2.17. The molecule has 25 heavy (non-hydrogen) atoms. The van der Waals surface area contributed by atoms with E-state index in [1.54, 1.807) is 0 Å². The van der Waals surface area contributed by atoms with Crippen molar-refractivity contribution in [1.82, 2.24) is 0 Å². The maximum atomic E-state index is 13.5. The number of amides is 1. The highest BCUT2D eigenvalue weighted by Crippen LogP contribution is 2.21. The lowest BCUT2D eigenvalue weighted by Crippen LogP contribution is -2.22. The molecule has 0 fully saturated rings. The lowest BCUT2D eigenvalue weighted by Gasteiger charge is -2.08. The van der Waals surface area contributed by atoms with Crippen molar-refractivity contribution < 1.29 is 28.0 Å². The summed E-state index contributed by atoms with van der Waals surface area (Å²) in [6.07, 6.45) is 0. The number of ether oxygens (including phenoxy) is 1. The van der Waals surface area contributed by atoms with Crippen LogP contribution < -0.4 is 5.32 Å². The number of carbonyl (C=O) groups is 2. The van der Waals surface area contributed by atoms with E-state index in [1.165, 1.54) is 6.07 Å². The van der Waals surface area contributed by atoms with Gasteiger partial charge in [-0.2, -0.15) is 0 Å². The van der Waals surface area contributed by atoms with Crippen LogP contribution in [-0.2, 0) is 9.53 Å². The molecule has 0 bridgehead atoms. The Balaban J connectivity index is 2.01. The Morgan fingerprint density at radius 1 is 1.16 bits per heavy atom. The molecule has 2 aromatic rings. The van der Waals surface area contributed by atoms with Gasteiger partial charge in [-0.3, -0.25) is 14.9 Å². The minimum Gasteiger partial charge on any atom is -0.452 e. The molecule has 0 spiro atoms. The SMILES string of the molecule is O=C(COC(=O)c1cc(Cl)ccc1F)Nc1cc([N+](=O)[O-])ccc1F. The number of nitrogens with zero attached hydrogens (tertiary/aromatic N) is 1. The summed E-state index contributed by atoms with van der Waals surface area (Å²) in [6.45, 7) is -0.854. The smallest absolute Gasteiger partial charge is 0.341 e. The highest BCUT2D eigenvalue weighted by molar-refractivity contribution is 6.30. The number of carbonyl (C=O) groups excluding carboxylic acids is 2. The van der Waals surface area contributed by atoms with Crippen molar-refractivity contribution in [1.29, 1.82) is 0 Å². The Morgan fingerprint density at radius 3 is 2.52 bits per heavy atom. The largest absolute Gasteiger partial charge is 0.452 e. The van der Waals surface area contributed by atoms with Gasteiger partial charge in [0.15, 0.2) is 6.61 Å². The van der Waals surface area contributed by atoms with Crippen LogP contribution in [0.3, 0.4) is 0 Å². The van der Waals surface area contributed by atoms with Crippen LogP contribution in [-0.4, -0.2) is 23.4 Å². The van der Waals surface area contributed by atoms with Gasteiger partial charge < -0.3 is 10.1 Å². The van der Waals surface area contributed by atoms with Crippen molar-refractivity contribution in [3.63, 3.8) is 0 Å². The zero-order chi connectivity index (χ0) is 18.6. The van der Waals surface area contributed by atoms with E-state index in [-0.39, 0.29) is 5.02 Å². The van der Waals surface area contributed by atoms with E-state index in [9.17, 15) is 28.5 Å². The van der Waals surface area contributed by atoms with Crippen LogP contribution in [0, 0.1) is 21.7 Å². The third-order valence-corrected chi connectivity index (χ3v) is 3.15. The summed E-state index contributed by atoms with van der Waals surface area (Å²) in [7, 11) is 0. The normalized spacial score (nSPS) is 10.2. The number of halogens is 3. The summed E-state index contributed by atoms with van der Waals surface area (Å²) < 4.78 is 31.6. The number of anilines is 1. The lowest BCUT2D eigenvalue weighted by molar-refractivity contribution is -0.384. The number of nitro benzene ring substituents is 1. The fourth-order valence-corrected chi connectivity index (χ4v) is 1.94. The van der Waals surface area contributed by atoms with Crippen molar-refractivity contribution >= 4 is 34.9 Å². The molecule has 0 aromatic heterocycles. The van der Waals surface area contributed by atoms with Crippen molar-refractivity contribution in [2.24, 2.45) is 0 Å². The van der Waals surface area contributed by atoms with Gasteiger partial charge in [0.05, 0.1) is 16.2 Å². The first-order chi connectivity index (χ1) is 11.8. The van der Waals surface area contributed by atoms with Gasteiger partial charge in [-0.1, -0.05) is 11.6 Å². The Kier molecular flexibility index (Phi) is 5.60.